The summed E-state index contributed by atoms with van der Waals surface area (Å²) in [6.07, 6.45) is 6.35. The van der Waals surface area contributed by atoms with Crippen LogP contribution in [0.1, 0.15) is 36.3 Å². The number of aromatic nitrogens is 4. The Bertz CT molecular complexity index is 1040. The molecule has 0 fully saturated rings. The monoisotopic (exact) mass is 366 g/mol. The van der Waals surface area contributed by atoms with Crippen molar-refractivity contribution in [3.63, 3.8) is 0 Å². The molecule has 0 aliphatic carbocycles. The Hall–Kier alpha value is -3.22. The minimum absolute atomic E-state index is 0.0698. The number of allylic oxidation sites excluding steroid dienone is 2. The molecule has 0 bridgehead atoms. The highest BCUT2D eigenvalue weighted by Gasteiger charge is 2.16. The van der Waals surface area contributed by atoms with E-state index in [1.165, 1.54) is 17.8 Å². The van der Waals surface area contributed by atoms with Gasteiger partial charge in [-0.05, 0) is 38.5 Å². The van der Waals surface area contributed by atoms with Gasteiger partial charge in [0.1, 0.15) is 0 Å². The third kappa shape index (κ3) is 4.13. The molecule has 3 aromatic heterocycles. The van der Waals surface area contributed by atoms with E-state index < -0.39 is 5.97 Å². The van der Waals surface area contributed by atoms with Crippen molar-refractivity contribution >= 4 is 17.1 Å². The molecule has 0 aromatic carbocycles. The predicted octanol–water partition coefficient (Wildman–Crippen LogP) is 2.89. The second-order valence-corrected chi connectivity index (χ2v) is 6.60. The molecule has 0 saturated heterocycles. The van der Waals surface area contributed by atoms with Gasteiger partial charge < -0.3 is 5.11 Å². The van der Waals surface area contributed by atoms with Crippen LogP contribution >= 0.6 is 0 Å². The molecule has 0 saturated carbocycles. The molecule has 27 heavy (non-hydrogen) atoms. The van der Waals surface area contributed by atoms with Crippen LogP contribution in [0.5, 0.6) is 0 Å². The Morgan fingerprint density at radius 1 is 1.19 bits per heavy atom. The van der Waals surface area contributed by atoms with Gasteiger partial charge in [0.15, 0.2) is 5.65 Å². The molecule has 0 radical (unpaired) electrons. The zero-order valence-corrected chi connectivity index (χ0v) is 15.4. The first-order chi connectivity index (χ1) is 13.0. The van der Waals surface area contributed by atoms with Crippen LogP contribution in [0.4, 0.5) is 0 Å². The van der Waals surface area contributed by atoms with Crippen molar-refractivity contribution in [2.45, 2.75) is 39.8 Å². The molecule has 7 heteroatoms. The third-order valence-corrected chi connectivity index (χ3v) is 4.33. The summed E-state index contributed by atoms with van der Waals surface area (Å²) in [5, 5.41) is 9.26. The van der Waals surface area contributed by atoms with E-state index in [-0.39, 0.29) is 11.3 Å². The molecule has 7 nitrogen and oxygen atoms in total. The zero-order chi connectivity index (χ0) is 19.4. The lowest BCUT2D eigenvalue weighted by atomic mass is 10.2. The summed E-state index contributed by atoms with van der Waals surface area (Å²) >= 11 is 0. The Kier molecular flexibility index (Phi) is 5.49. The lowest BCUT2D eigenvalue weighted by Crippen LogP contribution is -2.25. The molecule has 0 aliphatic rings. The van der Waals surface area contributed by atoms with Crippen LogP contribution in [0.15, 0.2) is 53.1 Å². The highest BCUT2D eigenvalue weighted by molar-refractivity contribution is 5.90. The second kappa shape index (κ2) is 7.99. The standard InChI is InChI=1S/C20H22N4O3/c1-14(2)6-5-10-23-17-12-15(19(25)26)13-22-18(17)24(20(23)27)11-8-16-7-3-4-9-21-16/h3-4,6-7,9,12-13H,5,8,10-11H2,1-2H3,(H,25,26). The van der Waals surface area contributed by atoms with Gasteiger partial charge in [-0.2, -0.15) is 0 Å². The van der Waals surface area contributed by atoms with Crippen LogP contribution in [0, 0.1) is 0 Å². The van der Waals surface area contributed by atoms with Crippen molar-refractivity contribution in [2.24, 2.45) is 0 Å². The average molecular weight is 366 g/mol. The SMILES string of the molecule is CC(C)=CCCn1c(=O)n(CCc2ccccn2)c2ncc(C(=O)O)cc21. The normalized spacial score (nSPS) is 10.9. The summed E-state index contributed by atoms with van der Waals surface area (Å²) in [5.74, 6) is -1.06. The van der Waals surface area contributed by atoms with E-state index in [9.17, 15) is 14.7 Å². The van der Waals surface area contributed by atoms with Gasteiger partial charge in [0.2, 0.25) is 0 Å². The summed E-state index contributed by atoms with van der Waals surface area (Å²) in [7, 11) is 0. The lowest BCUT2D eigenvalue weighted by molar-refractivity contribution is 0.0696. The van der Waals surface area contributed by atoms with Crippen LogP contribution < -0.4 is 5.69 Å². The summed E-state index contributed by atoms with van der Waals surface area (Å²) in [5.41, 5.74) is 2.99. The minimum atomic E-state index is -1.06. The fraction of sp³-hybridized carbons (Fsp3) is 0.300. The molecule has 0 atom stereocenters. The van der Waals surface area contributed by atoms with Crippen molar-refractivity contribution in [1.82, 2.24) is 19.1 Å². The number of carbonyl (C=O) groups is 1. The van der Waals surface area contributed by atoms with Crippen molar-refractivity contribution < 1.29 is 9.90 Å². The lowest BCUT2D eigenvalue weighted by Gasteiger charge is -2.02. The largest absolute Gasteiger partial charge is 0.478 e. The quantitative estimate of drug-likeness (QED) is 0.649. The van der Waals surface area contributed by atoms with Gasteiger partial charge in [-0.25, -0.2) is 14.6 Å². The van der Waals surface area contributed by atoms with Crippen molar-refractivity contribution in [3.05, 3.63) is 70.0 Å². The number of aryl methyl sites for hydroxylation is 3. The van der Waals surface area contributed by atoms with Gasteiger partial charge >= 0.3 is 11.7 Å². The molecule has 0 amide bonds. The molecule has 140 valence electrons. The maximum Gasteiger partial charge on any atom is 0.337 e. The van der Waals surface area contributed by atoms with Gasteiger partial charge in [0.25, 0.3) is 0 Å². The van der Waals surface area contributed by atoms with E-state index in [0.717, 1.165) is 5.69 Å². The van der Waals surface area contributed by atoms with E-state index in [1.54, 1.807) is 15.3 Å². The number of fused-ring (bicyclic) bond motifs is 1. The Labute approximate surface area is 156 Å². The van der Waals surface area contributed by atoms with Crippen LogP contribution in [0.25, 0.3) is 11.2 Å². The first-order valence-electron chi connectivity index (χ1n) is 8.83. The number of nitrogens with zero attached hydrogens (tertiary/aromatic N) is 4. The highest BCUT2D eigenvalue weighted by atomic mass is 16.4. The molecule has 0 spiro atoms. The maximum atomic E-state index is 13.0. The number of rotatable bonds is 7. The number of hydrogen-bond acceptors (Lipinski definition) is 4. The average Bonchev–Trinajstić information content (AvgIpc) is 2.91. The van der Waals surface area contributed by atoms with E-state index in [4.69, 9.17) is 0 Å². The molecule has 3 rings (SSSR count). The van der Waals surface area contributed by atoms with Crippen LogP contribution in [0.3, 0.4) is 0 Å². The molecular formula is C20H22N4O3. The van der Waals surface area contributed by atoms with Gasteiger partial charge in [0.05, 0.1) is 11.1 Å². The van der Waals surface area contributed by atoms with Crippen molar-refractivity contribution in [2.75, 3.05) is 0 Å². The molecule has 0 aliphatic heterocycles. The smallest absolute Gasteiger partial charge is 0.337 e. The summed E-state index contributed by atoms with van der Waals surface area (Å²) in [4.78, 5) is 32.8. The molecule has 3 aromatic rings. The third-order valence-electron chi connectivity index (χ3n) is 4.33. The van der Waals surface area contributed by atoms with Gasteiger partial charge in [0, 0.05) is 37.6 Å². The van der Waals surface area contributed by atoms with Gasteiger partial charge in [-0.15, -0.1) is 0 Å². The first-order valence-corrected chi connectivity index (χ1v) is 8.83. The maximum absolute atomic E-state index is 13.0. The Balaban J connectivity index is 2.01. The van der Waals surface area contributed by atoms with Crippen molar-refractivity contribution in [3.8, 4) is 0 Å². The summed E-state index contributed by atoms with van der Waals surface area (Å²) < 4.78 is 3.20. The first kappa shape index (κ1) is 18.6. The molecule has 0 unspecified atom stereocenters. The number of pyridine rings is 2. The second-order valence-electron chi connectivity index (χ2n) is 6.60. The zero-order valence-electron chi connectivity index (χ0n) is 15.4. The van der Waals surface area contributed by atoms with Crippen molar-refractivity contribution in [1.29, 1.82) is 0 Å². The van der Waals surface area contributed by atoms with Gasteiger partial charge in [-0.3, -0.25) is 14.1 Å². The minimum Gasteiger partial charge on any atom is -0.478 e. The number of hydrogen-bond donors (Lipinski definition) is 1. The highest BCUT2D eigenvalue weighted by Crippen LogP contribution is 2.15. The molecule has 1 N–H and O–H groups in total. The summed E-state index contributed by atoms with van der Waals surface area (Å²) in [6.45, 7) is 4.91. The van der Waals surface area contributed by atoms with E-state index in [0.29, 0.717) is 37.1 Å². The predicted molar refractivity (Wildman–Crippen MR) is 103 cm³/mol. The van der Waals surface area contributed by atoms with Crippen LogP contribution in [-0.2, 0) is 19.5 Å². The molecule has 3 heterocycles. The fourth-order valence-electron chi connectivity index (χ4n) is 2.98. The Morgan fingerprint density at radius 2 is 2.00 bits per heavy atom. The fourth-order valence-corrected chi connectivity index (χ4v) is 2.98. The summed E-state index contributed by atoms with van der Waals surface area (Å²) in [6, 6.07) is 7.19. The Morgan fingerprint density at radius 3 is 2.67 bits per heavy atom. The van der Waals surface area contributed by atoms with E-state index in [2.05, 4.69) is 16.0 Å². The number of carboxylic acid groups (broad SMARTS) is 1. The topological polar surface area (TPSA) is 90.0 Å². The number of carboxylic acids is 1. The number of aromatic carboxylic acids is 1. The number of imidazole rings is 1. The van der Waals surface area contributed by atoms with Crippen LogP contribution in [-0.4, -0.2) is 30.2 Å². The molecular weight excluding hydrogens is 344 g/mol. The van der Waals surface area contributed by atoms with E-state index in [1.807, 2.05) is 32.0 Å². The van der Waals surface area contributed by atoms with Crippen LogP contribution in [0.2, 0.25) is 0 Å². The van der Waals surface area contributed by atoms with E-state index >= 15 is 0 Å². The van der Waals surface area contributed by atoms with Gasteiger partial charge in [-0.1, -0.05) is 17.7 Å².